The van der Waals surface area contributed by atoms with Gasteiger partial charge in [0.05, 0.1) is 0 Å². The van der Waals surface area contributed by atoms with E-state index in [1.54, 1.807) is 6.07 Å². The van der Waals surface area contributed by atoms with E-state index in [0.29, 0.717) is 0 Å². The van der Waals surface area contributed by atoms with E-state index >= 15 is 0 Å². The summed E-state index contributed by atoms with van der Waals surface area (Å²) in [6.07, 6.45) is 1.81. The first kappa shape index (κ1) is 10.7. The summed E-state index contributed by atoms with van der Waals surface area (Å²) in [7, 11) is 0. The van der Waals surface area contributed by atoms with E-state index in [2.05, 4.69) is 15.9 Å². The van der Waals surface area contributed by atoms with Crippen LogP contribution in [0.25, 0.3) is 0 Å². The zero-order valence-corrected chi connectivity index (χ0v) is 9.62. The minimum atomic E-state index is -0.0570. The molecule has 0 aromatic heterocycles. The fourth-order valence-corrected chi connectivity index (χ4v) is 1.79. The maximum atomic E-state index is 13.4. The molecule has 0 atom stereocenters. The van der Waals surface area contributed by atoms with E-state index in [4.69, 9.17) is 0 Å². The molecule has 0 aliphatic heterocycles. The molecule has 0 fully saturated rings. The van der Waals surface area contributed by atoms with Crippen LogP contribution in [0.1, 0.15) is 23.1 Å². The van der Waals surface area contributed by atoms with Crippen molar-refractivity contribution in [3.05, 3.63) is 34.6 Å². The van der Waals surface area contributed by atoms with E-state index in [9.17, 15) is 4.39 Å². The molecule has 0 aliphatic carbocycles. The molecule has 0 bridgehead atoms. The van der Waals surface area contributed by atoms with Gasteiger partial charge in [-0.05, 0) is 49.4 Å². The summed E-state index contributed by atoms with van der Waals surface area (Å²) in [5.41, 5.74) is 2.93. The summed E-state index contributed by atoms with van der Waals surface area (Å²) in [5.74, 6) is -0.0570. The van der Waals surface area contributed by atoms with Crippen LogP contribution in [-0.2, 0) is 6.42 Å². The number of aryl methyl sites for hydroxylation is 2. The molecular formula is C11H14BrF. The van der Waals surface area contributed by atoms with Gasteiger partial charge in [0.1, 0.15) is 5.82 Å². The van der Waals surface area contributed by atoms with Gasteiger partial charge in [0.15, 0.2) is 0 Å². The molecule has 2 heteroatoms. The standard InChI is InChI=1S/C11H14BrF/c1-8-6-9(2)10(4-3-5-12)11(13)7-8/h6-7H,3-5H2,1-2H3. The van der Waals surface area contributed by atoms with Crippen LogP contribution in [0.2, 0.25) is 0 Å². The average Bonchev–Trinajstić information content (AvgIpc) is 2.02. The molecular weight excluding hydrogens is 231 g/mol. The third kappa shape index (κ3) is 2.80. The molecule has 0 radical (unpaired) electrons. The smallest absolute Gasteiger partial charge is 0.126 e. The Morgan fingerprint density at radius 3 is 2.54 bits per heavy atom. The summed E-state index contributed by atoms with van der Waals surface area (Å²) >= 11 is 3.35. The fraction of sp³-hybridized carbons (Fsp3) is 0.455. The Morgan fingerprint density at radius 1 is 1.31 bits per heavy atom. The number of benzene rings is 1. The molecule has 0 N–H and O–H groups in total. The summed E-state index contributed by atoms with van der Waals surface area (Å²) in [6, 6.07) is 3.64. The van der Waals surface area contributed by atoms with Crippen molar-refractivity contribution in [2.24, 2.45) is 0 Å². The van der Waals surface area contributed by atoms with Crippen molar-refractivity contribution in [2.75, 3.05) is 5.33 Å². The Balaban J connectivity index is 2.92. The lowest BCUT2D eigenvalue weighted by Gasteiger charge is -2.07. The molecule has 0 aliphatic rings. The Kier molecular flexibility index (Phi) is 3.91. The molecule has 0 unspecified atom stereocenters. The lowest BCUT2D eigenvalue weighted by atomic mass is 10.0. The van der Waals surface area contributed by atoms with Crippen molar-refractivity contribution in [1.29, 1.82) is 0 Å². The van der Waals surface area contributed by atoms with Crippen molar-refractivity contribution in [2.45, 2.75) is 26.7 Å². The molecule has 0 nitrogen and oxygen atoms in total. The van der Waals surface area contributed by atoms with E-state index in [-0.39, 0.29) is 5.82 Å². The third-order valence-electron chi connectivity index (χ3n) is 2.12. The van der Waals surface area contributed by atoms with Crippen LogP contribution < -0.4 is 0 Å². The SMILES string of the molecule is Cc1cc(C)c(CCCBr)c(F)c1. The second-order valence-electron chi connectivity index (χ2n) is 3.33. The highest BCUT2D eigenvalue weighted by Gasteiger charge is 2.05. The van der Waals surface area contributed by atoms with Crippen molar-refractivity contribution in [3.63, 3.8) is 0 Å². The summed E-state index contributed by atoms with van der Waals surface area (Å²) in [6.45, 7) is 3.89. The van der Waals surface area contributed by atoms with Crippen LogP contribution in [0.3, 0.4) is 0 Å². The van der Waals surface area contributed by atoms with Crippen LogP contribution in [0.4, 0.5) is 4.39 Å². The van der Waals surface area contributed by atoms with Gasteiger partial charge in [-0.1, -0.05) is 22.0 Å². The first-order chi connectivity index (χ1) is 6.15. The normalized spacial score (nSPS) is 10.5. The topological polar surface area (TPSA) is 0 Å². The van der Waals surface area contributed by atoms with Crippen LogP contribution in [0.15, 0.2) is 12.1 Å². The maximum absolute atomic E-state index is 13.4. The first-order valence-corrected chi connectivity index (χ1v) is 5.59. The lowest BCUT2D eigenvalue weighted by Crippen LogP contribution is -1.96. The number of alkyl halides is 1. The zero-order chi connectivity index (χ0) is 9.84. The van der Waals surface area contributed by atoms with Crippen LogP contribution in [-0.4, -0.2) is 5.33 Å². The van der Waals surface area contributed by atoms with E-state index in [0.717, 1.165) is 34.9 Å². The number of halogens is 2. The summed E-state index contributed by atoms with van der Waals surface area (Å²) in [5, 5.41) is 0.930. The molecule has 0 saturated heterocycles. The van der Waals surface area contributed by atoms with Crippen molar-refractivity contribution >= 4 is 15.9 Å². The van der Waals surface area contributed by atoms with E-state index in [1.165, 1.54) is 0 Å². The van der Waals surface area contributed by atoms with Crippen molar-refractivity contribution < 1.29 is 4.39 Å². The van der Waals surface area contributed by atoms with Crippen LogP contribution in [0, 0.1) is 19.7 Å². The summed E-state index contributed by atoms with van der Waals surface area (Å²) in [4.78, 5) is 0. The number of rotatable bonds is 3. The minimum absolute atomic E-state index is 0.0570. The molecule has 1 aromatic carbocycles. The predicted molar refractivity (Wildman–Crippen MR) is 58.0 cm³/mol. The predicted octanol–water partition coefficient (Wildman–Crippen LogP) is 3.77. The Hall–Kier alpha value is -0.370. The first-order valence-electron chi connectivity index (χ1n) is 4.46. The average molecular weight is 245 g/mol. The maximum Gasteiger partial charge on any atom is 0.126 e. The number of hydrogen-bond donors (Lipinski definition) is 0. The molecule has 13 heavy (non-hydrogen) atoms. The highest BCUT2D eigenvalue weighted by Crippen LogP contribution is 2.17. The monoisotopic (exact) mass is 244 g/mol. The number of hydrogen-bond acceptors (Lipinski definition) is 0. The van der Waals surface area contributed by atoms with Crippen LogP contribution in [0.5, 0.6) is 0 Å². The lowest BCUT2D eigenvalue weighted by molar-refractivity contribution is 0.604. The van der Waals surface area contributed by atoms with E-state index in [1.807, 2.05) is 19.9 Å². The highest BCUT2D eigenvalue weighted by molar-refractivity contribution is 9.09. The van der Waals surface area contributed by atoms with Crippen LogP contribution >= 0.6 is 15.9 Å². The molecule has 72 valence electrons. The van der Waals surface area contributed by atoms with Gasteiger partial charge in [-0.25, -0.2) is 4.39 Å². The van der Waals surface area contributed by atoms with Crippen molar-refractivity contribution in [3.8, 4) is 0 Å². The van der Waals surface area contributed by atoms with Crippen molar-refractivity contribution in [1.82, 2.24) is 0 Å². The Bertz CT molecular complexity index is 271. The van der Waals surface area contributed by atoms with Gasteiger partial charge < -0.3 is 0 Å². The quantitative estimate of drug-likeness (QED) is 0.711. The second kappa shape index (κ2) is 4.75. The van der Waals surface area contributed by atoms with Gasteiger partial charge in [0, 0.05) is 5.33 Å². The zero-order valence-electron chi connectivity index (χ0n) is 8.03. The fourth-order valence-electron chi connectivity index (χ4n) is 1.51. The van der Waals surface area contributed by atoms with Gasteiger partial charge in [-0.15, -0.1) is 0 Å². The molecule has 1 rings (SSSR count). The minimum Gasteiger partial charge on any atom is -0.207 e. The summed E-state index contributed by atoms with van der Waals surface area (Å²) < 4.78 is 13.4. The third-order valence-corrected chi connectivity index (χ3v) is 2.68. The van der Waals surface area contributed by atoms with Gasteiger partial charge in [-0.3, -0.25) is 0 Å². The van der Waals surface area contributed by atoms with Gasteiger partial charge >= 0.3 is 0 Å². The Labute approximate surface area is 87.3 Å². The second-order valence-corrected chi connectivity index (χ2v) is 4.13. The molecule has 0 heterocycles. The molecule has 0 saturated carbocycles. The highest BCUT2D eigenvalue weighted by atomic mass is 79.9. The molecule has 0 spiro atoms. The Morgan fingerprint density at radius 2 is 2.00 bits per heavy atom. The molecule has 0 amide bonds. The van der Waals surface area contributed by atoms with Gasteiger partial charge in [-0.2, -0.15) is 0 Å². The van der Waals surface area contributed by atoms with Gasteiger partial charge in [0.2, 0.25) is 0 Å². The van der Waals surface area contributed by atoms with Gasteiger partial charge in [0.25, 0.3) is 0 Å². The molecule has 1 aromatic rings. The largest absolute Gasteiger partial charge is 0.207 e. The van der Waals surface area contributed by atoms with E-state index < -0.39 is 0 Å².